The predicted molar refractivity (Wildman–Crippen MR) is 45.9 cm³/mol. The van der Waals surface area contributed by atoms with Gasteiger partial charge >= 0.3 is 7.69 Å². The van der Waals surface area contributed by atoms with E-state index in [0.717, 1.165) is 5.56 Å². The third-order valence-corrected chi connectivity index (χ3v) is 1.23. The molecule has 0 saturated heterocycles. The van der Waals surface area contributed by atoms with Crippen LogP contribution in [0.25, 0.3) is 6.08 Å². The lowest BCUT2D eigenvalue weighted by atomic mass is 10.2. The summed E-state index contributed by atoms with van der Waals surface area (Å²) in [4.78, 5) is 0. The van der Waals surface area contributed by atoms with Crippen molar-refractivity contribution in [2.75, 3.05) is 0 Å². The summed E-state index contributed by atoms with van der Waals surface area (Å²) in [6.07, 6.45) is 3.26. The average molecular weight is 148 g/mol. The van der Waals surface area contributed by atoms with E-state index in [1.807, 2.05) is 30.3 Å². The molecule has 3 heteroatoms. The molecule has 0 aromatic heterocycles. The molecular formula is C8H9BO2. The Balaban J connectivity index is 2.50. The maximum atomic E-state index is 8.27. The van der Waals surface area contributed by atoms with Crippen molar-refractivity contribution in [2.24, 2.45) is 0 Å². The largest absolute Gasteiger partial charge is 0.545 e. The Hall–Kier alpha value is -1.22. The zero-order valence-electron chi connectivity index (χ0n) is 6.10. The van der Waals surface area contributed by atoms with Gasteiger partial charge in [-0.05, 0) is 11.6 Å². The maximum Gasteiger partial charge on any atom is 0.503 e. The van der Waals surface area contributed by atoms with Crippen LogP contribution in [0.3, 0.4) is 0 Å². The minimum atomic E-state index is -0.274. The molecule has 0 aliphatic rings. The van der Waals surface area contributed by atoms with Crippen molar-refractivity contribution in [2.45, 2.75) is 0 Å². The molecule has 0 amide bonds. The van der Waals surface area contributed by atoms with Crippen LogP contribution in [0, 0.1) is 0 Å². The summed E-state index contributed by atoms with van der Waals surface area (Å²) in [6, 6.07) is 9.75. The number of benzene rings is 1. The fourth-order valence-electron chi connectivity index (χ4n) is 0.734. The van der Waals surface area contributed by atoms with Gasteiger partial charge in [-0.25, -0.2) is 0 Å². The second-order valence-corrected chi connectivity index (χ2v) is 2.01. The van der Waals surface area contributed by atoms with Crippen LogP contribution >= 0.6 is 0 Å². The molecule has 0 radical (unpaired) electrons. The fourth-order valence-corrected chi connectivity index (χ4v) is 0.734. The minimum absolute atomic E-state index is 0.274. The first-order valence-corrected chi connectivity index (χ1v) is 3.37. The molecular weight excluding hydrogens is 139 g/mol. The molecule has 0 bridgehead atoms. The average Bonchev–Trinajstić information content (AvgIpc) is 2.07. The zero-order chi connectivity index (χ0) is 7.94. The third-order valence-electron chi connectivity index (χ3n) is 1.23. The highest BCUT2D eigenvalue weighted by atomic mass is 16.5. The first-order chi connectivity index (χ1) is 5.43. The molecule has 1 aromatic carbocycles. The van der Waals surface area contributed by atoms with Crippen LogP contribution in [0.5, 0.6) is 0 Å². The smallest absolute Gasteiger partial charge is 0.503 e. The first-order valence-electron chi connectivity index (χ1n) is 3.37. The van der Waals surface area contributed by atoms with Crippen LogP contribution < -0.4 is 0 Å². The second kappa shape index (κ2) is 4.58. The zero-order valence-corrected chi connectivity index (χ0v) is 6.10. The first kappa shape index (κ1) is 7.89. The van der Waals surface area contributed by atoms with Crippen molar-refractivity contribution < 1.29 is 9.68 Å². The van der Waals surface area contributed by atoms with Crippen LogP contribution in [0.2, 0.25) is 0 Å². The van der Waals surface area contributed by atoms with Gasteiger partial charge < -0.3 is 9.68 Å². The third kappa shape index (κ3) is 2.91. The van der Waals surface area contributed by atoms with Crippen LogP contribution in [0.1, 0.15) is 5.56 Å². The van der Waals surface area contributed by atoms with Crippen molar-refractivity contribution in [1.82, 2.24) is 0 Å². The molecule has 0 unspecified atom stereocenters. The highest BCUT2D eigenvalue weighted by Gasteiger charge is 1.81. The number of rotatable bonds is 3. The lowest BCUT2D eigenvalue weighted by Crippen LogP contribution is -1.86. The van der Waals surface area contributed by atoms with Gasteiger partial charge in [-0.1, -0.05) is 30.3 Å². The molecule has 0 aliphatic heterocycles. The highest BCUT2D eigenvalue weighted by Crippen LogP contribution is 2.00. The normalized spacial score (nSPS) is 9.91. The highest BCUT2D eigenvalue weighted by molar-refractivity contribution is 6.16. The van der Waals surface area contributed by atoms with Crippen molar-refractivity contribution in [3.05, 3.63) is 42.2 Å². The molecule has 0 saturated carbocycles. The molecule has 0 fully saturated rings. The van der Waals surface area contributed by atoms with Crippen molar-refractivity contribution in [3.8, 4) is 0 Å². The molecule has 1 rings (SSSR count). The van der Waals surface area contributed by atoms with Gasteiger partial charge in [0.25, 0.3) is 0 Å². The summed E-state index contributed by atoms with van der Waals surface area (Å²) in [5.74, 6) is 0. The molecule has 0 heterocycles. The van der Waals surface area contributed by atoms with Gasteiger partial charge in [0, 0.05) is 0 Å². The Labute approximate surface area is 66.4 Å². The lowest BCUT2D eigenvalue weighted by Gasteiger charge is -1.91. The summed E-state index contributed by atoms with van der Waals surface area (Å²) in [6.45, 7) is 0. The molecule has 1 aromatic rings. The molecule has 2 nitrogen and oxygen atoms in total. The van der Waals surface area contributed by atoms with E-state index in [0.29, 0.717) is 0 Å². The summed E-state index contributed by atoms with van der Waals surface area (Å²) in [5, 5.41) is 8.27. The van der Waals surface area contributed by atoms with Gasteiger partial charge in [0.15, 0.2) is 0 Å². The van der Waals surface area contributed by atoms with E-state index in [9.17, 15) is 0 Å². The number of hydrogen-bond acceptors (Lipinski definition) is 2. The summed E-state index contributed by atoms with van der Waals surface area (Å²) >= 11 is 0. The molecule has 0 aliphatic carbocycles. The molecule has 0 atom stereocenters. The van der Waals surface area contributed by atoms with Crippen molar-refractivity contribution in [1.29, 1.82) is 0 Å². The SMILES string of the molecule is OBO/C=C/c1ccccc1. The van der Waals surface area contributed by atoms with Gasteiger partial charge in [-0.15, -0.1) is 0 Å². The minimum Gasteiger partial charge on any atom is -0.545 e. The molecule has 11 heavy (non-hydrogen) atoms. The van der Waals surface area contributed by atoms with Crippen LogP contribution in [0.15, 0.2) is 36.6 Å². The predicted octanol–water partition coefficient (Wildman–Crippen LogP) is 0.933. The van der Waals surface area contributed by atoms with E-state index >= 15 is 0 Å². The van der Waals surface area contributed by atoms with E-state index < -0.39 is 0 Å². The monoisotopic (exact) mass is 148 g/mol. The van der Waals surface area contributed by atoms with E-state index in [1.54, 1.807) is 6.08 Å². The Bertz CT molecular complexity index is 221. The summed E-state index contributed by atoms with van der Waals surface area (Å²) < 4.78 is 4.61. The molecule has 56 valence electrons. The molecule has 0 spiro atoms. The van der Waals surface area contributed by atoms with Gasteiger partial charge in [-0.3, -0.25) is 0 Å². The Morgan fingerprint density at radius 3 is 2.64 bits per heavy atom. The van der Waals surface area contributed by atoms with Crippen molar-refractivity contribution >= 4 is 13.8 Å². The quantitative estimate of drug-likeness (QED) is 0.510. The van der Waals surface area contributed by atoms with Gasteiger partial charge in [0.2, 0.25) is 0 Å². The van der Waals surface area contributed by atoms with E-state index in [4.69, 9.17) is 5.02 Å². The van der Waals surface area contributed by atoms with E-state index in [-0.39, 0.29) is 7.69 Å². The lowest BCUT2D eigenvalue weighted by molar-refractivity contribution is 0.408. The van der Waals surface area contributed by atoms with Crippen molar-refractivity contribution in [3.63, 3.8) is 0 Å². The maximum absolute atomic E-state index is 8.27. The Morgan fingerprint density at radius 1 is 1.27 bits per heavy atom. The Morgan fingerprint density at radius 2 is 2.00 bits per heavy atom. The van der Waals surface area contributed by atoms with Gasteiger partial charge in [0.05, 0.1) is 6.26 Å². The van der Waals surface area contributed by atoms with Crippen LogP contribution in [-0.4, -0.2) is 12.7 Å². The Kier molecular flexibility index (Phi) is 3.28. The molecule has 1 N–H and O–H groups in total. The van der Waals surface area contributed by atoms with E-state index in [2.05, 4.69) is 4.65 Å². The van der Waals surface area contributed by atoms with Gasteiger partial charge in [0.1, 0.15) is 0 Å². The number of hydrogen-bond donors (Lipinski definition) is 1. The van der Waals surface area contributed by atoms with Gasteiger partial charge in [-0.2, -0.15) is 0 Å². The van der Waals surface area contributed by atoms with Crippen LogP contribution in [0.4, 0.5) is 0 Å². The topological polar surface area (TPSA) is 29.5 Å². The van der Waals surface area contributed by atoms with Crippen LogP contribution in [-0.2, 0) is 4.65 Å². The summed E-state index contributed by atoms with van der Waals surface area (Å²) in [5.41, 5.74) is 1.06. The standard InChI is InChI=1S/C8H9BO2/c10-9-11-7-6-8-4-2-1-3-5-8/h1-7,9-10H/b7-6+. The fraction of sp³-hybridized carbons (Fsp3) is 0. The second-order valence-electron chi connectivity index (χ2n) is 2.01. The summed E-state index contributed by atoms with van der Waals surface area (Å²) in [7, 11) is -0.274. The van der Waals surface area contributed by atoms with E-state index in [1.165, 1.54) is 6.26 Å².